The average molecular weight is 505 g/mol. The van der Waals surface area contributed by atoms with Gasteiger partial charge in [-0.15, -0.1) is 0 Å². The van der Waals surface area contributed by atoms with E-state index in [1.54, 1.807) is 13.0 Å². The smallest absolute Gasteiger partial charge is 0.250 e. The number of H-pyrrole nitrogens is 1. The Kier molecular flexibility index (Phi) is 5.84. The van der Waals surface area contributed by atoms with E-state index in [2.05, 4.69) is 20.5 Å². The number of pyridine rings is 1. The lowest BCUT2D eigenvalue weighted by Crippen LogP contribution is -2.61. The topological polar surface area (TPSA) is 100 Å². The number of hydrogen-bond acceptors (Lipinski definition) is 5. The van der Waals surface area contributed by atoms with Crippen LogP contribution in [0.5, 0.6) is 5.75 Å². The Morgan fingerprint density at radius 1 is 1.25 bits per heavy atom. The molecule has 0 unspecified atom stereocenters. The molecular formula is C24H23F4N5O3. The third kappa shape index (κ3) is 4.14. The van der Waals surface area contributed by atoms with Gasteiger partial charge in [0, 0.05) is 19.3 Å². The zero-order chi connectivity index (χ0) is 25.7. The number of nitrogens with one attached hydrogen (secondary N) is 2. The maximum absolute atomic E-state index is 14.6. The average Bonchev–Trinajstić information content (AvgIpc) is 3.44. The van der Waals surface area contributed by atoms with Gasteiger partial charge in [0.1, 0.15) is 23.5 Å². The van der Waals surface area contributed by atoms with Crippen LogP contribution >= 0.6 is 0 Å². The minimum Gasteiger partial charge on any atom is -0.491 e. The third-order valence-corrected chi connectivity index (χ3v) is 6.68. The first-order chi connectivity index (χ1) is 17.1. The highest BCUT2D eigenvalue weighted by Crippen LogP contribution is 2.55. The van der Waals surface area contributed by atoms with Crippen LogP contribution in [0.25, 0.3) is 11.0 Å². The molecule has 12 heteroatoms. The lowest BCUT2D eigenvalue weighted by molar-refractivity contribution is -0.169. The number of rotatable bonds is 6. The number of alkyl halides is 3. The second-order valence-corrected chi connectivity index (χ2v) is 9.16. The summed E-state index contributed by atoms with van der Waals surface area (Å²) in [6.45, 7) is 1.43. The molecular weight excluding hydrogens is 482 g/mol. The van der Waals surface area contributed by atoms with Gasteiger partial charge in [0.2, 0.25) is 11.8 Å². The summed E-state index contributed by atoms with van der Waals surface area (Å²) < 4.78 is 62.5. The summed E-state index contributed by atoms with van der Waals surface area (Å²) in [6.07, 6.45) is -2.09. The largest absolute Gasteiger partial charge is 0.491 e. The lowest BCUT2D eigenvalue weighted by Gasteiger charge is -2.48. The molecule has 3 heterocycles. The molecule has 2 N–H and O–H groups in total. The van der Waals surface area contributed by atoms with Crippen molar-refractivity contribution >= 4 is 28.7 Å². The number of halogens is 4. The van der Waals surface area contributed by atoms with Crippen molar-refractivity contribution < 1.29 is 31.9 Å². The van der Waals surface area contributed by atoms with E-state index in [0.717, 1.165) is 11.0 Å². The SMILES string of the molecule is CCOc1ccc(C2(C(=O)N3C[C@H](F)C[C@@H]3C(=O)Nc3ccc4[nH]ncc4n3)CC(F)(F)C2)cc1F. The number of fused-ring (bicyclic) bond motifs is 1. The normalized spacial score (nSPS) is 22.3. The summed E-state index contributed by atoms with van der Waals surface area (Å²) in [5, 5.41) is 9.14. The number of benzene rings is 1. The van der Waals surface area contributed by atoms with Crippen LogP contribution in [0.2, 0.25) is 0 Å². The summed E-state index contributed by atoms with van der Waals surface area (Å²) >= 11 is 0. The predicted octanol–water partition coefficient (Wildman–Crippen LogP) is 3.74. The first-order valence-corrected chi connectivity index (χ1v) is 11.5. The Balaban J connectivity index is 1.42. The molecule has 36 heavy (non-hydrogen) atoms. The Bertz CT molecular complexity index is 1320. The van der Waals surface area contributed by atoms with Gasteiger partial charge in [0.15, 0.2) is 11.6 Å². The van der Waals surface area contributed by atoms with Crippen LogP contribution in [0.4, 0.5) is 23.4 Å². The number of amides is 2. The number of carbonyl (C=O) groups is 2. The molecule has 1 saturated carbocycles. The summed E-state index contributed by atoms with van der Waals surface area (Å²) in [7, 11) is 0. The molecule has 2 atom stereocenters. The highest BCUT2D eigenvalue weighted by molar-refractivity contribution is 6.00. The van der Waals surface area contributed by atoms with Gasteiger partial charge in [0.25, 0.3) is 5.92 Å². The van der Waals surface area contributed by atoms with Crippen molar-refractivity contribution in [3.8, 4) is 5.75 Å². The van der Waals surface area contributed by atoms with Gasteiger partial charge >= 0.3 is 0 Å². The van der Waals surface area contributed by atoms with Gasteiger partial charge in [-0.25, -0.2) is 22.5 Å². The van der Waals surface area contributed by atoms with Crippen LogP contribution in [0, 0.1) is 5.82 Å². The van der Waals surface area contributed by atoms with Gasteiger partial charge in [0.05, 0.1) is 30.3 Å². The second kappa shape index (κ2) is 8.75. The Labute approximate surface area is 203 Å². The Morgan fingerprint density at radius 2 is 2.03 bits per heavy atom. The molecule has 5 rings (SSSR count). The van der Waals surface area contributed by atoms with E-state index in [1.807, 2.05) is 0 Å². The van der Waals surface area contributed by atoms with Crippen LogP contribution in [0.15, 0.2) is 36.5 Å². The minimum atomic E-state index is -3.15. The maximum atomic E-state index is 14.6. The fourth-order valence-electron chi connectivity index (χ4n) is 5.02. The number of likely N-dealkylation sites (tertiary alicyclic amines) is 1. The Hall–Kier alpha value is -3.70. The number of aromatic amines is 1. The highest BCUT2D eigenvalue weighted by Gasteiger charge is 2.64. The molecule has 1 saturated heterocycles. The van der Waals surface area contributed by atoms with Crippen LogP contribution in [-0.2, 0) is 15.0 Å². The molecule has 2 aliphatic rings. The van der Waals surface area contributed by atoms with Crippen molar-refractivity contribution in [1.29, 1.82) is 0 Å². The van der Waals surface area contributed by atoms with E-state index < -0.39 is 60.6 Å². The summed E-state index contributed by atoms with van der Waals surface area (Å²) in [5.74, 6) is -5.38. The van der Waals surface area contributed by atoms with Crippen LogP contribution in [-0.4, -0.2) is 63.2 Å². The predicted molar refractivity (Wildman–Crippen MR) is 121 cm³/mol. The molecule has 2 amide bonds. The molecule has 1 aliphatic carbocycles. The monoisotopic (exact) mass is 505 g/mol. The molecule has 2 fully saturated rings. The summed E-state index contributed by atoms with van der Waals surface area (Å²) in [5.41, 5.74) is -0.618. The number of anilines is 1. The van der Waals surface area contributed by atoms with Gasteiger partial charge in [-0.2, -0.15) is 5.10 Å². The van der Waals surface area contributed by atoms with E-state index in [0.29, 0.717) is 11.0 Å². The second-order valence-electron chi connectivity index (χ2n) is 9.16. The number of ether oxygens (including phenoxy) is 1. The quantitative estimate of drug-likeness (QED) is 0.498. The maximum Gasteiger partial charge on any atom is 0.250 e. The van der Waals surface area contributed by atoms with Crippen molar-refractivity contribution in [3.05, 3.63) is 47.9 Å². The standard InChI is InChI=1S/C24H23F4N5O3/c1-2-36-19-5-3-13(7-15(19)26)23(11-24(27,28)12-23)22(35)33-10-14(25)8-18(33)21(34)31-20-6-4-16-17(30-20)9-29-32-16/h3-7,9,14,18H,2,8,10-12H2,1H3,(H,29,32)(H,30,31,34)/t14-,18-/m1/s1. The fraction of sp³-hybridized carbons (Fsp3) is 0.417. The van der Waals surface area contributed by atoms with Gasteiger partial charge in [-0.1, -0.05) is 6.07 Å². The third-order valence-electron chi connectivity index (χ3n) is 6.68. The van der Waals surface area contributed by atoms with E-state index in [1.165, 1.54) is 24.4 Å². The molecule has 3 aromatic rings. The van der Waals surface area contributed by atoms with Crippen LogP contribution < -0.4 is 10.1 Å². The molecule has 2 aromatic heterocycles. The first kappa shape index (κ1) is 24.0. The number of carbonyl (C=O) groups excluding carboxylic acids is 2. The minimum absolute atomic E-state index is 0.0351. The number of hydrogen-bond donors (Lipinski definition) is 2. The number of nitrogens with zero attached hydrogens (tertiary/aromatic N) is 3. The Morgan fingerprint density at radius 3 is 2.72 bits per heavy atom. The van der Waals surface area contributed by atoms with Gasteiger partial charge in [-0.05, 0) is 36.8 Å². The van der Waals surface area contributed by atoms with Crippen molar-refractivity contribution in [3.63, 3.8) is 0 Å². The number of aromatic nitrogens is 3. The molecule has 1 aromatic carbocycles. The fourth-order valence-corrected chi connectivity index (χ4v) is 5.02. The van der Waals surface area contributed by atoms with Crippen molar-refractivity contribution in [2.24, 2.45) is 0 Å². The van der Waals surface area contributed by atoms with E-state index in [-0.39, 0.29) is 30.2 Å². The zero-order valence-corrected chi connectivity index (χ0v) is 19.2. The molecule has 8 nitrogen and oxygen atoms in total. The van der Waals surface area contributed by atoms with Crippen LogP contribution in [0.3, 0.4) is 0 Å². The summed E-state index contributed by atoms with van der Waals surface area (Å²) in [6, 6.07) is 5.57. The van der Waals surface area contributed by atoms with Crippen molar-refractivity contribution in [1.82, 2.24) is 20.1 Å². The lowest BCUT2D eigenvalue weighted by atomic mass is 9.61. The molecule has 0 spiro atoms. The van der Waals surface area contributed by atoms with Gasteiger partial charge in [-0.3, -0.25) is 14.7 Å². The zero-order valence-electron chi connectivity index (χ0n) is 19.2. The summed E-state index contributed by atoms with van der Waals surface area (Å²) in [4.78, 5) is 32.0. The van der Waals surface area contributed by atoms with E-state index in [9.17, 15) is 27.2 Å². The molecule has 0 bridgehead atoms. The van der Waals surface area contributed by atoms with Crippen LogP contribution in [0.1, 0.15) is 31.7 Å². The van der Waals surface area contributed by atoms with Crippen molar-refractivity contribution in [2.45, 2.75) is 49.7 Å². The first-order valence-electron chi connectivity index (χ1n) is 11.5. The van der Waals surface area contributed by atoms with Crippen molar-refractivity contribution in [2.75, 3.05) is 18.5 Å². The van der Waals surface area contributed by atoms with Gasteiger partial charge < -0.3 is 15.0 Å². The molecule has 190 valence electrons. The molecule has 1 aliphatic heterocycles. The van der Waals surface area contributed by atoms with E-state index in [4.69, 9.17) is 4.74 Å². The molecule has 0 radical (unpaired) electrons. The highest BCUT2D eigenvalue weighted by atomic mass is 19.3. The van der Waals surface area contributed by atoms with E-state index >= 15 is 0 Å².